The summed E-state index contributed by atoms with van der Waals surface area (Å²) in [5.74, 6) is -3.68. The quantitative estimate of drug-likeness (QED) is 0.250. The van der Waals surface area contributed by atoms with Gasteiger partial charge in [0, 0.05) is 17.3 Å². The molecule has 210 valence electrons. The maximum atomic E-state index is 14.3. The highest BCUT2D eigenvalue weighted by Gasteiger charge is 2.35. The van der Waals surface area contributed by atoms with Crippen molar-refractivity contribution in [3.05, 3.63) is 92.9 Å². The van der Waals surface area contributed by atoms with Crippen molar-refractivity contribution in [2.24, 2.45) is 0 Å². The molecule has 1 aliphatic rings. The Balaban J connectivity index is 1.52. The predicted octanol–water partition coefficient (Wildman–Crippen LogP) is 6.41. The van der Waals surface area contributed by atoms with Crippen molar-refractivity contribution in [3.8, 4) is 11.6 Å². The summed E-state index contributed by atoms with van der Waals surface area (Å²) in [5.41, 5.74) is -2.38. The van der Waals surface area contributed by atoms with Crippen LogP contribution in [0.15, 0.2) is 51.8 Å². The van der Waals surface area contributed by atoms with Crippen molar-refractivity contribution < 1.29 is 35.2 Å². The number of hydrogen-bond acceptors (Lipinski definition) is 6. The van der Waals surface area contributed by atoms with Crippen molar-refractivity contribution in [2.45, 2.75) is 56.7 Å². The SMILES string of the molecule is O=c1c(C2CCC(c3c(F)cccc3F)CC2)cc(-c2nnc(C(F)F)o2)nn1Cc1ncccc1C(F)(F)F. The molecule has 3 aromatic heterocycles. The van der Waals surface area contributed by atoms with Crippen LogP contribution in [0.4, 0.5) is 30.7 Å². The second-order valence-corrected chi connectivity index (χ2v) is 9.37. The van der Waals surface area contributed by atoms with Gasteiger partial charge in [0.1, 0.15) is 17.3 Å². The monoisotopic (exact) mass is 567 g/mol. The molecule has 1 aromatic carbocycles. The lowest BCUT2D eigenvalue weighted by molar-refractivity contribution is -0.138. The van der Waals surface area contributed by atoms with Crippen molar-refractivity contribution in [2.75, 3.05) is 0 Å². The van der Waals surface area contributed by atoms with Crippen LogP contribution in [0.3, 0.4) is 0 Å². The molecule has 4 aromatic rings. The van der Waals surface area contributed by atoms with Gasteiger partial charge in [-0.2, -0.15) is 27.1 Å². The molecule has 0 N–H and O–H groups in total. The van der Waals surface area contributed by atoms with Gasteiger partial charge in [0.25, 0.3) is 17.3 Å². The first-order valence-corrected chi connectivity index (χ1v) is 12.2. The first kappa shape index (κ1) is 27.5. The summed E-state index contributed by atoms with van der Waals surface area (Å²) in [5, 5.41) is 10.8. The number of alkyl halides is 5. The fourth-order valence-corrected chi connectivity index (χ4v) is 5.05. The normalized spacial score (nSPS) is 17.9. The molecule has 0 spiro atoms. The highest BCUT2D eigenvalue weighted by Crippen LogP contribution is 2.41. The smallest absolute Gasteiger partial charge is 0.413 e. The number of pyridine rings is 1. The Labute approximate surface area is 221 Å². The van der Waals surface area contributed by atoms with Gasteiger partial charge >= 0.3 is 12.6 Å². The third kappa shape index (κ3) is 5.47. The Bertz CT molecular complexity index is 1560. The second kappa shape index (κ2) is 10.8. The van der Waals surface area contributed by atoms with Gasteiger partial charge in [-0.3, -0.25) is 9.78 Å². The highest BCUT2D eigenvalue weighted by atomic mass is 19.4. The van der Waals surface area contributed by atoms with E-state index in [-0.39, 0.29) is 16.8 Å². The Morgan fingerprint density at radius 1 is 0.975 bits per heavy atom. The van der Waals surface area contributed by atoms with Gasteiger partial charge in [-0.25, -0.2) is 13.5 Å². The molecular weight excluding hydrogens is 547 g/mol. The molecule has 0 atom stereocenters. The fraction of sp³-hybridized carbons (Fsp3) is 0.346. The maximum absolute atomic E-state index is 14.3. The van der Waals surface area contributed by atoms with Crippen LogP contribution in [0.2, 0.25) is 0 Å². The molecular formula is C26H20F7N5O2. The van der Waals surface area contributed by atoms with Crippen LogP contribution in [-0.4, -0.2) is 25.0 Å². The maximum Gasteiger partial charge on any atom is 0.418 e. The average molecular weight is 567 g/mol. The Morgan fingerprint density at radius 2 is 1.65 bits per heavy atom. The van der Waals surface area contributed by atoms with Crippen LogP contribution in [0.1, 0.15) is 72.2 Å². The third-order valence-corrected chi connectivity index (χ3v) is 6.92. The fourth-order valence-electron chi connectivity index (χ4n) is 5.05. The van der Waals surface area contributed by atoms with E-state index in [0.29, 0.717) is 25.7 Å². The van der Waals surface area contributed by atoms with Crippen molar-refractivity contribution in [1.82, 2.24) is 25.0 Å². The molecule has 1 saturated carbocycles. The van der Waals surface area contributed by atoms with E-state index in [4.69, 9.17) is 4.42 Å². The zero-order valence-electron chi connectivity index (χ0n) is 20.5. The number of halogens is 7. The van der Waals surface area contributed by atoms with E-state index in [1.165, 1.54) is 24.3 Å². The van der Waals surface area contributed by atoms with E-state index in [2.05, 4.69) is 20.3 Å². The lowest BCUT2D eigenvalue weighted by Gasteiger charge is -2.29. The van der Waals surface area contributed by atoms with Crippen LogP contribution in [0.5, 0.6) is 0 Å². The zero-order chi connectivity index (χ0) is 28.6. The van der Waals surface area contributed by atoms with Crippen LogP contribution in [0.25, 0.3) is 11.6 Å². The lowest BCUT2D eigenvalue weighted by Crippen LogP contribution is -2.31. The molecule has 7 nitrogen and oxygen atoms in total. The summed E-state index contributed by atoms with van der Waals surface area (Å²) in [6.45, 7) is -0.680. The lowest BCUT2D eigenvalue weighted by atomic mass is 9.76. The summed E-state index contributed by atoms with van der Waals surface area (Å²) in [6.07, 6.45) is -5.41. The molecule has 14 heteroatoms. The van der Waals surface area contributed by atoms with Crippen LogP contribution in [0, 0.1) is 11.6 Å². The molecule has 0 radical (unpaired) electrons. The first-order valence-electron chi connectivity index (χ1n) is 12.2. The minimum absolute atomic E-state index is 0.0333. The van der Waals surface area contributed by atoms with E-state index in [1.807, 2.05) is 0 Å². The standard InChI is InChI=1S/C26H20F7N5O2/c27-17-4-1-5-18(28)21(17)14-8-6-13(7-9-14)15-11-19(23-35-36-24(40-23)22(29)30)37-38(25(15)39)12-20-16(26(31,32)33)3-2-10-34-20/h1-5,10-11,13-14,22H,6-9,12H2. The van der Waals surface area contributed by atoms with Crippen LogP contribution in [-0.2, 0) is 12.7 Å². The number of aromatic nitrogens is 5. The topological polar surface area (TPSA) is 86.7 Å². The minimum atomic E-state index is -4.76. The van der Waals surface area contributed by atoms with E-state index in [9.17, 15) is 35.5 Å². The van der Waals surface area contributed by atoms with Gasteiger partial charge in [0.15, 0.2) is 0 Å². The van der Waals surface area contributed by atoms with Crippen LogP contribution >= 0.6 is 0 Å². The second-order valence-electron chi connectivity index (χ2n) is 9.37. The summed E-state index contributed by atoms with van der Waals surface area (Å²) in [4.78, 5) is 17.2. The summed E-state index contributed by atoms with van der Waals surface area (Å²) < 4.78 is 101. The van der Waals surface area contributed by atoms with Crippen LogP contribution < -0.4 is 5.56 Å². The van der Waals surface area contributed by atoms with Gasteiger partial charge in [-0.1, -0.05) is 6.07 Å². The molecule has 3 heterocycles. The number of hydrogen-bond donors (Lipinski definition) is 0. The zero-order valence-corrected chi connectivity index (χ0v) is 20.5. The summed E-state index contributed by atoms with van der Waals surface area (Å²) >= 11 is 0. The Kier molecular flexibility index (Phi) is 7.43. The molecule has 1 aliphatic carbocycles. The van der Waals surface area contributed by atoms with Gasteiger partial charge in [-0.15, -0.1) is 10.2 Å². The number of nitrogens with zero attached hydrogens (tertiary/aromatic N) is 5. The first-order chi connectivity index (χ1) is 19.0. The highest BCUT2D eigenvalue weighted by molar-refractivity contribution is 5.47. The van der Waals surface area contributed by atoms with E-state index in [1.54, 1.807) is 0 Å². The van der Waals surface area contributed by atoms with E-state index >= 15 is 0 Å². The molecule has 0 aliphatic heterocycles. The van der Waals surface area contributed by atoms with Gasteiger partial charge < -0.3 is 4.42 Å². The molecule has 1 fully saturated rings. The number of rotatable bonds is 6. The third-order valence-electron chi connectivity index (χ3n) is 6.92. The summed E-state index contributed by atoms with van der Waals surface area (Å²) in [7, 11) is 0. The predicted molar refractivity (Wildman–Crippen MR) is 125 cm³/mol. The Hall–Kier alpha value is -4.10. The molecule has 5 rings (SSSR count). The van der Waals surface area contributed by atoms with Crippen molar-refractivity contribution >= 4 is 0 Å². The minimum Gasteiger partial charge on any atom is -0.413 e. The average Bonchev–Trinajstić information content (AvgIpc) is 3.41. The van der Waals surface area contributed by atoms with Gasteiger partial charge in [0.2, 0.25) is 0 Å². The Morgan fingerprint density at radius 3 is 2.27 bits per heavy atom. The molecule has 40 heavy (non-hydrogen) atoms. The van der Waals surface area contributed by atoms with E-state index < -0.39 is 71.2 Å². The number of benzene rings is 1. The van der Waals surface area contributed by atoms with Crippen molar-refractivity contribution in [3.63, 3.8) is 0 Å². The molecule has 0 bridgehead atoms. The van der Waals surface area contributed by atoms with E-state index in [0.717, 1.165) is 23.0 Å². The van der Waals surface area contributed by atoms with Gasteiger partial charge in [-0.05, 0) is 67.9 Å². The van der Waals surface area contributed by atoms with Crippen molar-refractivity contribution in [1.29, 1.82) is 0 Å². The summed E-state index contributed by atoms with van der Waals surface area (Å²) in [6, 6.07) is 6.80. The molecule has 0 amide bonds. The largest absolute Gasteiger partial charge is 0.418 e. The molecule has 0 unspecified atom stereocenters. The van der Waals surface area contributed by atoms with Gasteiger partial charge in [0.05, 0.1) is 17.8 Å². The molecule has 0 saturated heterocycles.